The molecule has 0 unspecified atom stereocenters. The third-order valence-electron chi connectivity index (χ3n) is 3.71. The highest BCUT2D eigenvalue weighted by atomic mass is 16.6. The normalized spacial score (nSPS) is 11.7. The van der Waals surface area contributed by atoms with Crippen molar-refractivity contribution < 1.29 is 14.3 Å². The Morgan fingerprint density at radius 1 is 1.25 bits per heavy atom. The lowest BCUT2D eigenvalue weighted by Gasteiger charge is -2.28. The maximum Gasteiger partial charge on any atom is 0.414 e. The van der Waals surface area contributed by atoms with E-state index in [0.29, 0.717) is 6.54 Å². The third-order valence-corrected chi connectivity index (χ3v) is 3.71. The van der Waals surface area contributed by atoms with E-state index in [0.717, 1.165) is 5.56 Å². The highest BCUT2D eigenvalue weighted by Crippen LogP contribution is 2.15. The van der Waals surface area contributed by atoms with Crippen LogP contribution in [0.4, 0.5) is 4.79 Å². The van der Waals surface area contributed by atoms with Crippen LogP contribution < -0.4 is 5.73 Å². The summed E-state index contributed by atoms with van der Waals surface area (Å²) in [5.41, 5.74) is 5.68. The minimum absolute atomic E-state index is 0.131. The van der Waals surface area contributed by atoms with E-state index in [1.165, 1.54) is 11.1 Å². The molecule has 7 heteroatoms. The molecule has 0 heterocycles. The molecule has 0 spiro atoms. The Morgan fingerprint density at radius 2 is 1.86 bits per heavy atom. The highest BCUT2D eigenvalue weighted by Gasteiger charge is 2.25. The van der Waals surface area contributed by atoms with Crippen molar-refractivity contribution >= 4 is 12.0 Å². The van der Waals surface area contributed by atoms with Crippen molar-refractivity contribution in [2.75, 3.05) is 13.1 Å². The van der Waals surface area contributed by atoms with Crippen LogP contribution in [0.5, 0.6) is 0 Å². The summed E-state index contributed by atoms with van der Waals surface area (Å²) >= 11 is 0. The van der Waals surface area contributed by atoms with Gasteiger partial charge in [0.15, 0.2) is 0 Å². The molecule has 2 amide bonds. The first kappa shape index (κ1) is 23.2. The number of carbonyl (C=O) groups excluding carboxylic acids is 2. The molecule has 28 heavy (non-hydrogen) atoms. The highest BCUT2D eigenvalue weighted by molar-refractivity contribution is 5.97. The van der Waals surface area contributed by atoms with Crippen molar-refractivity contribution in [1.29, 1.82) is 5.26 Å². The number of carbonyl (C=O) groups is 2. The maximum absolute atomic E-state index is 13.0. The lowest BCUT2D eigenvalue weighted by atomic mass is 10.1. The van der Waals surface area contributed by atoms with Gasteiger partial charge < -0.3 is 15.4 Å². The second-order valence-corrected chi connectivity index (χ2v) is 7.63. The summed E-state index contributed by atoms with van der Waals surface area (Å²) in [6.07, 6.45) is 0.571. The van der Waals surface area contributed by atoms with Crippen molar-refractivity contribution in [1.82, 2.24) is 9.80 Å². The number of hydrogen-bond acceptors (Lipinski definition) is 5. The zero-order valence-corrected chi connectivity index (χ0v) is 17.3. The molecular formula is C21H30N4O3. The number of nitrogens with zero attached hydrogens (tertiary/aromatic N) is 3. The molecule has 2 N–H and O–H groups in total. The quantitative estimate of drug-likeness (QED) is 0.573. The van der Waals surface area contributed by atoms with E-state index in [2.05, 4.69) is 0 Å². The molecule has 0 aliphatic rings. The molecule has 0 aliphatic heterocycles. The molecule has 152 valence electrons. The van der Waals surface area contributed by atoms with E-state index in [1.54, 1.807) is 25.7 Å². The second kappa shape index (κ2) is 10.5. The standard InChI is InChI=1S/C21H30N4O3/c1-16(2)25(14-17-9-7-6-8-10-17)19(26)18(13-23)15-24(12-11-22)20(27)28-21(3,4)5/h6-10,15-16H,11-12,14,22H2,1-5H3/b18-15-. The van der Waals surface area contributed by atoms with Crippen LogP contribution in [0, 0.1) is 11.3 Å². The van der Waals surface area contributed by atoms with E-state index in [9.17, 15) is 14.9 Å². The van der Waals surface area contributed by atoms with E-state index < -0.39 is 17.6 Å². The molecule has 0 aromatic heterocycles. The molecule has 0 fully saturated rings. The molecule has 0 saturated carbocycles. The van der Waals surface area contributed by atoms with Gasteiger partial charge in [-0.05, 0) is 40.2 Å². The molecule has 0 aliphatic carbocycles. The van der Waals surface area contributed by atoms with Crippen molar-refractivity contribution in [3.8, 4) is 6.07 Å². The number of benzene rings is 1. The number of amides is 2. The predicted octanol–water partition coefficient (Wildman–Crippen LogP) is 3.03. The fraction of sp³-hybridized carbons (Fsp3) is 0.476. The minimum atomic E-state index is -0.703. The first-order valence-electron chi connectivity index (χ1n) is 9.25. The van der Waals surface area contributed by atoms with Crippen LogP contribution in [0.1, 0.15) is 40.2 Å². The fourth-order valence-corrected chi connectivity index (χ4v) is 2.38. The van der Waals surface area contributed by atoms with Gasteiger partial charge >= 0.3 is 6.09 Å². The van der Waals surface area contributed by atoms with E-state index in [-0.39, 0.29) is 24.7 Å². The van der Waals surface area contributed by atoms with Gasteiger partial charge in [0.05, 0.1) is 0 Å². The fourth-order valence-electron chi connectivity index (χ4n) is 2.38. The molecule has 0 radical (unpaired) electrons. The Balaban J connectivity index is 3.12. The smallest absolute Gasteiger partial charge is 0.414 e. The van der Waals surface area contributed by atoms with Crippen LogP contribution in [0.25, 0.3) is 0 Å². The first-order chi connectivity index (χ1) is 13.1. The van der Waals surface area contributed by atoms with E-state index in [4.69, 9.17) is 10.5 Å². The van der Waals surface area contributed by atoms with Gasteiger partial charge in [-0.3, -0.25) is 9.69 Å². The zero-order chi connectivity index (χ0) is 21.3. The Labute approximate surface area is 167 Å². The Kier molecular flexibility index (Phi) is 8.68. The number of ether oxygens (including phenoxy) is 1. The van der Waals surface area contributed by atoms with Crippen LogP contribution in [-0.4, -0.2) is 46.5 Å². The van der Waals surface area contributed by atoms with Gasteiger partial charge in [-0.2, -0.15) is 5.26 Å². The van der Waals surface area contributed by atoms with Crippen molar-refractivity contribution in [3.63, 3.8) is 0 Å². The summed E-state index contributed by atoms with van der Waals surface area (Å²) in [6, 6.07) is 11.3. The summed E-state index contributed by atoms with van der Waals surface area (Å²) in [5.74, 6) is -0.452. The van der Waals surface area contributed by atoms with Gasteiger partial charge in [0.1, 0.15) is 17.2 Å². The van der Waals surface area contributed by atoms with Crippen LogP contribution in [0.2, 0.25) is 0 Å². The molecule has 1 rings (SSSR count). The monoisotopic (exact) mass is 386 g/mol. The summed E-state index contributed by atoms with van der Waals surface area (Å²) in [5, 5.41) is 9.55. The summed E-state index contributed by atoms with van der Waals surface area (Å²) < 4.78 is 5.33. The lowest BCUT2D eigenvalue weighted by Crippen LogP contribution is -2.39. The molecule has 0 atom stereocenters. The van der Waals surface area contributed by atoms with Crippen LogP contribution in [-0.2, 0) is 16.1 Å². The summed E-state index contributed by atoms with van der Waals surface area (Å²) in [4.78, 5) is 28.1. The Bertz CT molecular complexity index is 730. The molecule has 1 aromatic rings. The van der Waals surface area contributed by atoms with Gasteiger partial charge in [-0.25, -0.2) is 4.79 Å². The number of nitrogens with two attached hydrogens (primary N) is 1. The number of rotatable bonds is 7. The topological polar surface area (TPSA) is 99.7 Å². The lowest BCUT2D eigenvalue weighted by molar-refractivity contribution is -0.129. The Hall–Kier alpha value is -2.85. The van der Waals surface area contributed by atoms with E-state index >= 15 is 0 Å². The number of nitriles is 1. The SMILES string of the molecule is CC(C)N(Cc1ccccc1)C(=O)/C(C#N)=C\N(CCN)C(=O)OC(C)(C)C. The van der Waals surface area contributed by atoms with Gasteiger partial charge in [-0.1, -0.05) is 30.3 Å². The Morgan fingerprint density at radius 3 is 2.32 bits per heavy atom. The van der Waals surface area contributed by atoms with Gasteiger partial charge in [0, 0.05) is 31.9 Å². The van der Waals surface area contributed by atoms with Crippen molar-refractivity contribution in [3.05, 3.63) is 47.7 Å². The summed E-state index contributed by atoms with van der Waals surface area (Å²) in [7, 11) is 0. The number of hydrogen-bond donors (Lipinski definition) is 1. The first-order valence-corrected chi connectivity index (χ1v) is 9.25. The predicted molar refractivity (Wildman–Crippen MR) is 108 cm³/mol. The average Bonchev–Trinajstić information content (AvgIpc) is 2.61. The second-order valence-electron chi connectivity index (χ2n) is 7.63. The van der Waals surface area contributed by atoms with Gasteiger partial charge in [-0.15, -0.1) is 0 Å². The third kappa shape index (κ3) is 7.41. The van der Waals surface area contributed by atoms with Gasteiger partial charge in [0.25, 0.3) is 5.91 Å². The molecular weight excluding hydrogens is 356 g/mol. The van der Waals surface area contributed by atoms with Crippen LogP contribution in [0.15, 0.2) is 42.1 Å². The molecule has 7 nitrogen and oxygen atoms in total. The van der Waals surface area contributed by atoms with Crippen LogP contribution >= 0.6 is 0 Å². The van der Waals surface area contributed by atoms with E-state index in [1.807, 2.05) is 50.2 Å². The largest absolute Gasteiger partial charge is 0.443 e. The van der Waals surface area contributed by atoms with Crippen molar-refractivity contribution in [2.45, 2.75) is 52.8 Å². The van der Waals surface area contributed by atoms with Crippen molar-refractivity contribution in [2.24, 2.45) is 5.73 Å². The van der Waals surface area contributed by atoms with Gasteiger partial charge in [0.2, 0.25) is 0 Å². The maximum atomic E-state index is 13.0. The summed E-state index contributed by atoms with van der Waals surface area (Å²) in [6.45, 7) is 9.64. The molecule has 0 bridgehead atoms. The molecule has 0 saturated heterocycles. The average molecular weight is 386 g/mol. The molecule has 1 aromatic carbocycles. The minimum Gasteiger partial charge on any atom is -0.443 e. The zero-order valence-electron chi connectivity index (χ0n) is 17.3. The van der Waals surface area contributed by atoms with Crippen LogP contribution in [0.3, 0.4) is 0 Å².